The van der Waals surface area contributed by atoms with E-state index in [1.54, 1.807) is 47.3 Å². The molecule has 4 heterocycles. The lowest BCUT2D eigenvalue weighted by atomic mass is 9.78. The Labute approximate surface area is 468 Å². The van der Waals surface area contributed by atoms with Gasteiger partial charge in [0.05, 0.1) is 31.0 Å². The Balaban J connectivity index is 1.36. The Morgan fingerprint density at radius 1 is 0.899 bits per heavy atom. The Morgan fingerprint density at radius 3 is 2.35 bits per heavy atom. The standard InChI is InChI=1S/C60H92N4O15/c1-37-17-13-12-14-18-38(2)49(73-9)35-45-22-20-43(7)60(72,79-45)56(68)57(69)64-27-16-15-19-46(64)58(70)78-50(36-47(65)39(3)32-42(6)54(67)55(75-11)53(66)41(5)31-37)40(4)33-44-21-23-48(51(34-44)74-10)76-30-26-62-59(71)77-29-24-52-61-25-28-63(52)8/h12-14,17-18,25,28,32,37,39-41,43-46,48-51,54-55,67,72H,15-16,19-24,26-27,29-31,33-36H2,1-11H3,(H,62,71)/b14-12+,17-13+,38-18+,42-32+/t37-,39-,40-,41-,43-,44-,45+,46+,48-,49+,50+,51-,54-,55+,60-/m1/s1. The van der Waals surface area contributed by atoms with Gasteiger partial charge in [0.25, 0.3) is 11.7 Å². The lowest BCUT2D eigenvalue weighted by molar-refractivity contribution is -0.265. The molecule has 19 nitrogen and oxygen atoms in total. The molecule has 3 aliphatic heterocycles. The number of hydrogen-bond donors (Lipinski definition) is 3. The average molecular weight is 1110 g/mol. The van der Waals surface area contributed by atoms with E-state index in [0.29, 0.717) is 69.8 Å². The van der Waals surface area contributed by atoms with Crippen molar-refractivity contribution in [1.82, 2.24) is 19.8 Å². The first-order valence-corrected chi connectivity index (χ1v) is 28.6. The summed E-state index contributed by atoms with van der Waals surface area (Å²) < 4.78 is 43.3. The molecular formula is C60H92N4O15. The van der Waals surface area contributed by atoms with Gasteiger partial charge in [0.2, 0.25) is 5.79 Å². The van der Waals surface area contributed by atoms with Crippen molar-refractivity contribution in [1.29, 1.82) is 0 Å². The number of aromatic nitrogens is 2. The number of ether oxygens (including phenoxy) is 7. The second-order valence-corrected chi connectivity index (χ2v) is 22.7. The number of aliphatic hydroxyl groups excluding tert-OH is 1. The van der Waals surface area contributed by atoms with Crippen LogP contribution in [0.4, 0.5) is 4.79 Å². The maximum Gasteiger partial charge on any atom is 0.407 e. The van der Waals surface area contributed by atoms with Crippen LogP contribution in [0.3, 0.4) is 0 Å². The van der Waals surface area contributed by atoms with Gasteiger partial charge >= 0.3 is 12.1 Å². The summed E-state index contributed by atoms with van der Waals surface area (Å²) in [4.78, 5) is 89.3. The zero-order valence-electron chi connectivity index (χ0n) is 48.8. The molecule has 19 heteroatoms. The van der Waals surface area contributed by atoms with Crippen molar-refractivity contribution >= 4 is 35.3 Å². The minimum absolute atomic E-state index is 0.00248. The molecule has 1 saturated carbocycles. The summed E-state index contributed by atoms with van der Waals surface area (Å²) in [6, 6.07) is -1.17. The van der Waals surface area contributed by atoms with Gasteiger partial charge in [-0.3, -0.25) is 19.2 Å². The van der Waals surface area contributed by atoms with E-state index < -0.39 is 83.9 Å². The fourth-order valence-corrected chi connectivity index (χ4v) is 11.6. The van der Waals surface area contributed by atoms with E-state index in [1.807, 2.05) is 75.9 Å². The van der Waals surface area contributed by atoms with Crippen molar-refractivity contribution in [2.75, 3.05) is 47.6 Å². The number of carbonyl (C=O) groups excluding carboxylic acids is 6. The minimum atomic E-state index is -2.45. The van der Waals surface area contributed by atoms with Crippen molar-refractivity contribution in [2.45, 2.75) is 186 Å². The fourth-order valence-electron chi connectivity index (χ4n) is 11.6. The van der Waals surface area contributed by atoms with Gasteiger partial charge in [0.15, 0.2) is 5.78 Å². The Morgan fingerprint density at radius 2 is 1.66 bits per heavy atom. The van der Waals surface area contributed by atoms with Gasteiger partial charge < -0.3 is 58.2 Å². The summed E-state index contributed by atoms with van der Waals surface area (Å²) in [6.45, 7) is 13.4. The number of ketones is 3. The molecule has 0 radical (unpaired) electrons. The molecule has 4 aliphatic rings. The predicted molar refractivity (Wildman–Crippen MR) is 295 cm³/mol. The van der Waals surface area contributed by atoms with E-state index in [-0.39, 0.29) is 80.7 Å². The molecule has 2 saturated heterocycles. The van der Waals surface area contributed by atoms with Crippen LogP contribution >= 0.6 is 0 Å². The predicted octanol–water partition coefficient (Wildman–Crippen LogP) is 6.91. The number of aryl methyl sites for hydroxylation is 1. The molecule has 442 valence electrons. The number of nitrogens with one attached hydrogen (secondary N) is 1. The number of methoxy groups -OCH3 is 3. The van der Waals surface area contributed by atoms with Gasteiger partial charge in [0.1, 0.15) is 42.6 Å². The normalized spacial score (nSPS) is 35.2. The summed E-state index contributed by atoms with van der Waals surface area (Å²) in [7, 11) is 6.45. The minimum Gasteiger partial charge on any atom is -0.460 e. The monoisotopic (exact) mass is 1110 g/mol. The number of Topliss-reactive ketones (excluding diaryl/α,β-unsaturated/α-hetero) is 3. The number of carbonyl (C=O) groups is 6. The highest BCUT2D eigenvalue weighted by Crippen LogP contribution is 2.38. The number of hydrogen-bond acceptors (Lipinski definition) is 16. The van der Waals surface area contributed by atoms with Crippen molar-refractivity contribution in [3.05, 3.63) is 65.8 Å². The first-order valence-electron chi connectivity index (χ1n) is 28.6. The van der Waals surface area contributed by atoms with E-state index in [2.05, 4.69) is 10.3 Å². The van der Waals surface area contributed by atoms with Gasteiger partial charge in [-0.2, -0.15) is 0 Å². The van der Waals surface area contributed by atoms with Crippen LogP contribution in [0.1, 0.15) is 131 Å². The Kier molecular flexibility index (Phi) is 25.8. The van der Waals surface area contributed by atoms with Crippen LogP contribution in [0.15, 0.2) is 60.0 Å². The van der Waals surface area contributed by atoms with Gasteiger partial charge in [-0.25, -0.2) is 14.6 Å². The number of esters is 1. The molecule has 2 amide bonds. The van der Waals surface area contributed by atoms with Gasteiger partial charge in [-0.15, -0.1) is 0 Å². The molecule has 3 fully saturated rings. The highest BCUT2D eigenvalue weighted by atomic mass is 16.6. The molecule has 1 aromatic heterocycles. The number of piperidine rings is 1. The lowest BCUT2D eigenvalue weighted by Crippen LogP contribution is -2.61. The summed E-state index contributed by atoms with van der Waals surface area (Å²) in [5.74, 6) is -7.41. The summed E-state index contributed by atoms with van der Waals surface area (Å²) in [6.07, 6.45) is 14.9. The molecule has 3 N–H and O–H groups in total. The molecule has 0 unspecified atom stereocenters. The number of rotatable bonds is 13. The van der Waals surface area contributed by atoms with Crippen LogP contribution in [0.5, 0.6) is 0 Å². The van der Waals surface area contributed by atoms with Crippen LogP contribution < -0.4 is 5.32 Å². The van der Waals surface area contributed by atoms with Gasteiger partial charge in [-0.05, 0) is 107 Å². The zero-order valence-corrected chi connectivity index (χ0v) is 48.8. The summed E-state index contributed by atoms with van der Waals surface area (Å²) >= 11 is 0. The largest absolute Gasteiger partial charge is 0.460 e. The molecule has 1 aliphatic carbocycles. The van der Waals surface area contributed by atoms with Crippen molar-refractivity contribution < 1.29 is 72.1 Å². The third-order valence-electron chi connectivity index (χ3n) is 16.6. The van der Waals surface area contributed by atoms with Crippen LogP contribution in [-0.2, 0) is 70.6 Å². The van der Waals surface area contributed by atoms with Gasteiger partial charge in [-0.1, -0.05) is 71.1 Å². The first kappa shape index (κ1) is 64.9. The van der Waals surface area contributed by atoms with E-state index in [1.165, 1.54) is 12.0 Å². The zero-order chi connectivity index (χ0) is 58.0. The molecule has 0 aromatic carbocycles. The molecule has 79 heavy (non-hydrogen) atoms. The number of imidazole rings is 1. The maximum absolute atomic E-state index is 14.6. The molecule has 2 bridgehead atoms. The number of amides is 2. The highest BCUT2D eigenvalue weighted by Gasteiger charge is 2.53. The van der Waals surface area contributed by atoms with Crippen LogP contribution in [-0.4, -0.2) is 162 Å². The number of allylic oxidation sites excluding steroid dienone is 6. The van der Waals surface area contributed by atoms with E-state index in [4.69, 9.17) is 33.2 Å². The van der Waals surface area contributed by atoms with Crippen LogP contribution in [0, 0.1) is 35.5 Å². The topological polar surface area (TPSA) is 241 Å². The number of aliphatic hydroxyl groups is 2. The maximum atomic E-state index is 14.6. The SMILES string of the molecule is CO[C@H]1C[C@@H]2CC[C@@H](C)[C@@](O)(O2)C(=O)C(=O)N2CCCC[C@H]2C(=O)O[C@H]([C@H](C)C[C@H]2CC[C@@H](OCCNC(=O)OCCc3nccn3C)[C@H](OC)C2)CC(=O)[C@H](C)/C=C(\C)[C@@H](O)[C@@H](OC)C(=O)[C@H](C)C[C@H](C)/C=C/C=C/C=C/1C. The molecule has 15 atom stereocenters. The van der Waals surface area contributed by atoms with Gasteiger partial charge in [0, 0.05) is 90.9 Å². The average Bonchev–Trinajstić information content (AvgIpc) is 3.93. The Bertz CT molecular complexity index is 2310. The molecule has 1 aromatic rings. The number of fused-ring (bicyclic) bond motifs is 3. The number of nitrogens with zero attached hydrogens (tertiary/aromatic N) is 3. The van der Waals surface area contributed by atoms with E-state index >= 15 is 0 Å². The highest BCUT2D eigenvalue weighted by molar-refractivity contribution is 6.39. The number of alkyl carbamates (subject to hydrolysis) is 1. The quantitative estimate of drug-likeness (QED) is 0.0787. The molecule has 5 rings (SSSR count). The summed E-state index contributed by atoms with van der Waals surface area (Å²) in [5, 5.41) is 26.3. The number of cyclic esters (lactones) is 1. The van der Waals surface area contributed by atoms with Crippen molar-refractivity contribution in [2.24, 2.45) is 42.6 Å². The van der Waals surface area contributed by atoms with Crippen molar-refractivity contribution in [3.8, 4) is 0 Å². The van der Waals surface area contributed by atoms with Crippen LogP contribution in [0.25, 0.3) is 0 Å². The third-order valence-corrected chi connectivity index (χ3v) is 16.6. The molecule has 0 spiro atoms. The Hall–Kier alpha value is -4.89. The van der Waals surface area contributed by atoms with E-state index in [9.17, 15) is 39.0 Å². The van der Waals surface area contributed by atoms with Crippen molar-refractivity contribution in [3.63, 3.8) is 0 Å². The lowest BCUT2D eigenvalue weighted by Gasteiger charge is -2.42. The van der Waals surface area contributed by atoms with Crippen LogP contribution in [0.2, 0.25) is 0 Å². The smallest absolute Gasteiger partial charge is 0.407 e. The second kappa shape index (κ2) is 31.4. The first-order chi connectivity index (χ1) is 37.6. The molecular weight excluding hydrogens is 1020 g/mol. The van der Waals surface area contributed by atoms with E-state index in [0.717, 1.165) is 17.8 Å². The fraction of sp³-hybridized carbons (Fsp3) is 0.717. The second-order valence-electron chi connectivity index (χ2n) is 22.7. The summed E-state index contributed by atoms with van der Waals surface area (Å²) in [5.41, 5.74) is 1.24. The third kappa shape index (κ3) is 18.3.